The lowest BCUT2D eigenvalue weighted by molar-refractivity contribution is -0.173. The van der Waals surface area contributed by atoms with E-state index in [1.54, 1.807) is 13.8 Å². The summed E-state index contributed by atoms with van der Waals surface area (Å²) >= 11 is 0. The molecule has 33 heavy (non-hydrogen) atoms. The molecule has 8 heteroatoms. The lowest BCUT2D eigenvalue weighted by Crippen LogP contribution is -2.41. The van der Waals surface area contributed by atoms with Crippen LogP contribution in [0.3, 0.4) is 0 Å². The highest BCUT2D eigenvalue weighted by Gasteiger charge is 2.45. The van der Waals surface area contributed by atoms with Crippen molar-refractivity contribution in [3.63, 3.8) is 0 Å². The number of hydrogen-bond donors (Lipinski definition) is 0. The van der Waals surface area contributed by atoms with Gasteiger partial charge in [0.15, 0.2) is 5.41 Å². The van der Waals surface area contributed by atoms with E-state index in [9.17, 15) is 9.59 Å². The molecule has 0 bridgehead atoms. The molecule has 0 heterocycles. The van der Waals surface area contributed by atoms with Crippen LogP contribution in [0.5, 0.6) is 0 Å². The number of esters is 2. The molecule has 0 unspecified atom stereocenters. The molecule has 0 aliphatic carbocycles. The first kappa shape index (κ1) is 30.9. The summed E-state index contributed by atoms with van der Waals surface area (Å²) in [5.41, 5.74) is -1.27. The van der Waals surface area contributed by atoms with Crippen LogP contribution in [0.4, 0.5) is 0 Å². The van der Waals surface area contributed by atoms with Crippen LogP contribution in [0.1, 0.15) is 65.2 Å². The molecule has 0 aromatic heterocycles. The Morgan fingerprint density at radius 2 is 1.03 bits per heavy atom. The van der Waals surface area contributed by atoms with Crippen molar-refractivity contribution in [2.45, 2.75) is 77.8 Å². The van der Waals surface area contributed by atoms with E-state index in [1.807, 2.05) is 0 Å². The Balaban J connectivity index is 4.39. The Hall–Kier alpha value is -2.10. The predicted octanol–water partition coefficient (Wildman–Crippen LogP) is 3.46. The van der Waals surface area contributed by atoms with Gasteiger partial charge in [0.2, 0.25) is 12.6 Å². The second-order valence-corrected chi connectivity index (χ2v) is 7.22. The van der Waals surface area contributed by atoms with Crippen molar-refractivity contribution in [1.29, 1.82) is 0 Å². The van der Waals surface area contributed by atoms with Crippen LogP contribution < -0.4 is 0 Å². The van der Waals surface area contributed by atoms with Crippen LogP contribution in [0.15, 0.2) is 0 Å². The largest absolute Gasteiger partial charge is 0.465 e. The summed E-state index contributed by atoms with van der Waals surface area (Å²) in [4.78, 5) is 25.4. The monoisotopic (exact) mass is 468 g/mol. The Morgan fingerprint density at radius 3 is 1.33 bits per heavy atom. The van der Waals surface area contributed by atoms with E-state index >= 15 is 0 Å². The van der Waals surface area contributed by atoms with Gasteiger partial charge in [-0.15, -0.1) is 0 Å². The van der Waals surface area contributed by atoms with Gasteiger partial charge in [-0.2, -0.15) is 0 Å². The second kappa shape index (κ2) is 19.4. The molecular formula is C25H40O8. The maximum Gasteiger partial charge on any atom is 0.323 e. The van der Waals surface area contributed by atoms with Gasteiger partial charge in [0.05, 0.1) is 13.2 Å². The molecule has 0 aromatic rings. The Bertz CT molecular complexity index is 601. The third-order valence-electron chi connectivity index (χ3n) is 5.14. The van der Waals surface area contributed by atoms with Gasteiger partial charge in [-0.05, 0) is 50.4 Å². The second-order valence-electron chi connectivity index (χ2n) is 7.22. The SMILES string of the molecule is CCC(CC)(C(=O)OCCCCC#CC(OC)OC)C(=O)OCCCCC#CC(OC)OC. The van der Waals surface area contributed by atoms with Crippen molar-refractivity contribution in [2.24, 2.45) is 5.41 Å². The fraction of sp³-hybridized carbons (Fsp3) is 0.760. The van der Waals surface area contributed by atoms with Crippen molar-refractivity contribution in [2.75, 3.05) is 41.7 Å². The molecule has 0 atom stereocenters. The number of hydrogen-bond acceptors (Lipinski definition) is 8. The normalized spacial score (nSPS) is 10.9. The quantitative estimate of drug-likeness (QED) is 0.112. The average molecular weight is 469 g/mol. The van der Waals surface area contributed by atoms with Crippen molar-refractivity contribution >= 4 is 11.9 Å². The minimum atomic E-state index is -1.27. The molecule has 188 valence electrons. The fourth-order valence-electron chi connectivity index (χ4n) is 2.89. The first-order valence-electron chi connectivity index (χ1n) is 11.4. The lowest BCUT2D eigenvalue weighted by Gasteiger charge is -2.26. The number of rotatable bonds is 16. The maximum atomic E-state index is 12.7. The Morgan fingerprint density at radius 1 is 0.667 bits per heavy atom. The van der Waals surface area contributed by atoms with Crippen LogP contribution in [-0.2, 0) is 38.0 Å². The van der Waals surface area contributed by atoms with E-state index in [-0.39, 0.29) is 13.2 Å². The summed E-state index contributed by atoms with van der Waals surface area (Å²) in [5.74, 6) is 10.5. The van der Waals surface area contributed by atoms with E-state index in [2.05, 4.69) is 23.7 Å². The average Bonchev–Trinajstić information content (AvgIpc) is 2.83. The molecular weight excluding hydrogens is 428 g/mol. The summed E-state index contributed by atoms with van der Waals surface area (Å²) < 4.78 is 30.8. The topological polar surface area (TPSA) is 89.5 Å². The summed E-state index contributed by atoms with van der Waals surface area (Å²) in [6, 6.07) is 0. The molecule has 0 saturated carbocycles. The highest BCUT2D eigenvalue weighted by molar-refractivity contribution is 5.99. The number of unbranched alkanes of at least 4 members (excludes halogenated alkanes) is 4. The molecule has 0 fully saturated rings. The van der Waals surface area contributed by atoms with Crippen LogP contribution in [0, 0.1) is 29.1 Å². The minimum Gasteiger partial charge on any atom is -0.465 e. The van der Waals surface area contributed by atoms with Gasteiger partial charge in [-0.1, -0.05) is 25.7 Å². The number of methoxy groups -OCH3 is 4. The lowest BCUT2D eigenvalue weighted by atomic mass is 9.82. The van der Waals surface area contributed by atoms with Gasteiger partial charge in [0, 0.05) is 41.3 Å². The highest BCUT2D eigenvalue weighted by atomic mass is 16.7. The Kier molecular flexibility index (Phi) is 18.1. The molecule has 0 rings (SSSR count). The summed E-state index contributed by atoms with van der Waals surface area (Å²) in [6.45, 7) is 4.05. The molecule has 0 saturated heterocycles. The summed E-state index contributed by atoms with van der Waals surface area (Å²) in [5, 5.41) is 0. The standard InChI is InChI=1S/C25H40O8/c1-7-25(8-2,23(26)32-19-15-11-9-13-17-21(28-3)29-4)24(27)33-20-16-12-10-14-18-22(30-5)31-6/h21-22H,7-12,15-16,19-20H2,1-6H3. The van der Waals surface area contributed by atoms with Gasteiger partial charge in [0.1, 0.15) is 0 Å². The molecule has 0 amide bonds. The third kappa shape index (κ3) is 12.1. The fourth-order valence-corrected chi connectivity index (χ4v) is 2.89. The first-order valence-corrected chi connectivity index (χ1v) is 11.4. The number of carbonyl (C=O) groups excluding carboxylic acids is 2. The van der Waals surface area contributed by atoms with E-state index in [4.69, 9.17) is 28.4 Å². The van der Waals surface area contributed by atoms with E-state index in [0.717, 1.165) is 12.8 Å². The van der Waals surface area contributed by atoms with Gasteiger partial charge in [-0.3, -0.25) is 9.59 Å². The molecule has 0 N–H and O–H groups in total. The predicted molar refractivity (Wildman–Crippen MR) is 124 cm³/mol. The molecule has 0 radical (unpaired) electrons. The molecule has 0 spiro atoms. The summed E-state index contributed by atoms with van der Waals surface area (Å²) in [7, 11) is 6.10. The zero-order chi connectivity index (χ0) is 25.0. The van der Waals surface area contributed by atoms with Crippen molar-refractivity contribution in [3.05, 3.63) is 0 Å². The first-order chi connectivity index (χ1) is 15.9. The highest BCUT2D eigenvalue weighted by Crippen LogP contribution is 2.30. The van der Waals surface area contributed by atoms with Crippen LogP contribution in [0.25, 0.3) is 0 Å². The van der Waals surface area contributed by atoms with Crippen LogP contribution in [0.2, 0.25) is 0 Å². The van der Waals surface area contributed by atoms with Gasteiger partial charge >= 0.3 is 11.9 Å². The van der Waals surface area contributed by atoms with Crippen molar-refractivity contribution < 1.29 is 38.0 Å². The van der Waals surface area contributed by atoms with Crippen LogP contribution in [-0.4, -0.2) is 66.2 Å². The minimum absolute atomic E-state index is 0.232. The third-order valence-corrected chi connectivity index (χ3v) is 5.14. The Labute approximate surface area is 199 Å². The molecule has 0 aliphatic heterocycles. The smallest absolute Gasteiger partial charge is 0.323 e. The zero-order valence-corrected chi connectivity index (χ0v) is 21.0. The van der Waals surface area contributed by atoms with Gasteiger partial charge in [-0.25, -0.2) is 0 Å². The van der Waals surface area contributed by atoms with Gasteiger partial charge in [0.25, 0.3) is 0 Å². The van der Waals surface area contributed by atoms with Crippen molar-refractivity contribution in [3.8, 4) is 23.7 Å². The molecule has 0 aromatic carbocycles. The van der Waals surface area contributed by atoms with Gasteiger partial charge < -0.3 is 28.4 Å². The van der Waals surface area contributed by atoms with E-state index < -0.39 is 29.9 Å². The summed E-state index contributed by atoms with van der Waals surface area (Å²) in [6.07, 6.45) is 3.67. The number of carbonyl (C=O) groups is 2. The van der Waals surface area contributed by atoms with E-state index in [1.165, 1.54) is 28.4 Å². The molecule has 0 aliphatic rings. The zero-order valence-electron chi connectivity index (χ0n) is 21.0. The number of ether oxygens (including phenoxy) is 6. The molecule has 8 nitrogen and oxygen atoms in total. The van der Waals surface area contributed by atoms with Crippen molar-refractivity contribution in [1.82, 2.24) is 0 Å². The maximum absolute atomic E-state index is 12.7. The van der Waals surface area contributed by atoms with Crippen LogP contribution >= 0.6 is 0 Å². The van der Waals surface area contributed by atoms with E-state index in [0.29, 0.717) is 38.5 Å².